The SMILES string of the molecule is C/C(=C\c1cc(F)c2cnn(CC(=O)N3CCCC3)c2c1)[C@H]1OC(=O)C[C@H](O)CC[C@H](C)[C@@H](OC(=O)N2CCN(C)CC2)C=C[C@@H]1C. The van der Waals surface area contributed by atoms with E-state index in [4.69, 9.17) is 9.47 Å². The molecule has 3 aliphatic rings. The maximum Gasteiger partial charge on any atom is 0.410 e. The van der Waals surface area contributed by atoms with Crippen molar-refractivity contribution < 1.29 is 33.4 Å². The molecule has 12 heteroatoms. The van der Waals surface area contributed by atoms with Crippen LogP contribution in [0.4, 0.5) is 9.18 Å². The number of halogens is 1. The summed E-state index contributed by atoms with van der Waals surface area (Å²) in [7, 11) is 2.02. The minimum Gasteiger partial charge on any atom is -0.457 e. The van der Waals surface area contributed by atoms with Crippen LogP contribution < -0.4 is 0 Å². The van der Waals surface area contributed by atoms with Crippen LogP contribution >= 0.6 is 0 Å². The Morgan fingerprint density at radius 1 is 1.06 bits per heavy atom. The number of carbonyl (C=O) groups excluding carboxylic acids is 3. The van der Waals surface area contributed by atoms with E-state index in [2.05, 4.69) is 10.00 Å². The monoisotopic (exact) mass is 653 g/mol. The van der Waals surface area contributed by atoms with Crippen molar-refractivity contribution in [3.63, 3.8) is 0 Å². The quantitative estimate of drug-likeness (QED) is 0.377. The van der Waals surface area contributed by atoms with Crippen molar-refractivity contribution in [2.75, 3.05) is 46.3 Å². The minimum atomic E-state index is -0.900. The summed E-state index contributed by atoms with van der Waals surface area (Å²) in [5.74, 6) is -1.46. The molecule has 256 valence electrons. The molecule has 0 radical (unpaired) electrons. The Balaban J connectivity index is 1.38. The van der Waals surface area contributed by atoms with Gasteiger partial charge in [-0.1, -0.05) is 26.0 Å². The third kappa shape index (κ3) is 8.78. The van der Waals surface area contributed by atoms with E-state index >= 15 is 4.39 Å². The molecule has 5 rings (SSSR count). The predicted octanol–water partition coefficient (Wildman–Crippen LogP) is 4.24. The number of likely N-dealkylation sites (N-methyl/N-ethyl adjacent to an activating group) is 1. The van der Waals surface area contributed by atoms with E-state index in [1.165, 1.54) is 16.9 Å². The fraction of sp³-hybridized carbons (Fsp3) is 0.600. The molecular weight excluding hydrogens is 605 g/mol. The fourth-order valence-corrected chi connectivity index (χ4v) is 6.53. The third-order valence-corrected chi connectivity index (χ3v) is 9.58. The number of aromatic nitrogens is 2. The van der Waals surface area contributed by atoms with E-state index in [1.807, 2.05) is 40.0 Å². The molecule has 4 heterocycles. The van der Waals surface area contributed by atoms with Gasteiger partial charge in [0.15, 0.2) is 0 Å². The zero-order chi connectivity index (χ0) is 33.7. The van der Waals surface area contributed by atoms with Gasteiger partial charge in [0.05, 0.1) is 29.6 Å². The molecule has 11 nitrogen and oxygen atoms in total. The van der Waals surface area contributed by atoms with Crippen molar-refractivity contribution in [2.45, 2.75) is 77.7 Å². The van der Waals surface area contributed by atoms with Gasteiger partial charge in [-0.3, -0.25) is 14.3 Å². The van der Waals surface area contributed by atoms with Crippen LogP contribution in [0.2, 0.25) is 0 Å². The van der Waals surface area contributed by atoms with E-state index < -0.39 is 30.1 Å². The van der Waals surface area contributed by atoms with Crippen molar-refractivity contribution in [1.29, 1.82) is 0 Å². The zero-order valence-corrected chi connectivity index (χ0v) is 27.9. The zero-order valence-electron chi connectivity index (χ0n) is 27.9. The second-order valence-electron chi connectivity index (χ2n) is 13.4. The van der Waals surface area contributed by atoms with E-state index in [1.54, 1.807) is 21.9 Å². The number of piperazine rings is 1. The summed E-state index contributed by atoms with van der Waals surface area (Å²) in [6.07, 6.45) is 7.14. The van der Waals surface area contributed by atoms with Gasteiger partial charge in [-0.05, 0) is 74.9 Å². The lowest BCUT2D eigenvalue weighted by molar-refractivity contribution is -0.151. The van der Waals surface area contributed by atoms with Crippen LogP contribution in [0.5, 0.6) is 0 Å². The van der Waals surface area contributed by atoms with E-state index in [0.717, 1.165) is 39.0 Å². The second kappa shape index (κ2) is 15.4. The number of amides is 2. The first-order chi connectivity index (χ1) is 22.5. The first-order valence-corrected chi connectivity index (χ1v) is 16.8. The van der Waals surface area contributed by atoms with Gasteiger partial charge in [-0.15, -0.1) is 0 Å². The number of ether oxygens (including phenoxy) is 2. The molecule has 3 aliphatic heterocycles. The Labute approximate surface area is 275 Å². The molecule has 2 fully saturated rings. The van der Waals surface area contributed by atoms with Gasteiger partial charge in [0.25, 0.3) is 0 Å². The maximum absolute atomic E-state index is 15.3. The summed E-state index contributed by atoms with van der Waals surface area (Å²) < 4.78 is 28.7. The van der Waals surface area contributed by atoms with Gasteiger partial charge in [-0.25, -0.2) is 9.18 Å². The number of cyclic esters (lactones) is 1. The van der Waals surface area contributed by atoms with Crippen molar-refractivity contribution in [3.05, 3.63) is 47.4 Å². The molecule has 1 N–H and O–H groups in total. The minimum absolute atomic E-state index is 0.0262. The van der Waals surface area contributed by atoms with Gasteiger partial charge in [-0.2, -0.15) is 5.10 Å². The lowest BCUT2D eigenvalue weighted by Gasteiger charge is -2.33. The van der Waals surface area contributed by atoms with E-state index in [0.29, 0.717) is 48.0 Å². The Morgan fingerprint density at radius 2 is 1.79 bits per heavy atom. The molecule has 0 saturated carbocycles. The van der Waals surface area contributed by atoms with Gasteiger partial charge >= 0.3 is 12.1 Å². The number of likely N-dealkylation sites (tertiary alicyclic amines) is 1. The Morgan fingerprint density at radius 3 is 2.51 bits per heavy atom. The van der Waals surface area contributed by atoms with Crippen molar-refractivity contribution in [2.24, 2.45) is 11.8 Å². The fourth-order valence-electron chi connectivity index (χ4n) is 6.53. The lowest BCUT2D eigenvalue weighted by atomic mass is 9.91. The van der Waals surface area contributed by atoms with Crippen molar-refractivity contribution in [3.8, 4) is 0 Å². The molecule has 5 atom stereocenters. The van der Waals surface area contributed by atoms with E-state index in [9.17, 15) is 19.5 Å². The number of rotatable bonds is 5. The average molecular weight is 654 g/mol. The summed E-state index contributed by atoms with van der Waals surface area (Å²) in [5.41, 5.74) is 1.70. The number of aliphatic hydroxyl groups is 1. The number of hydrogen-bond acceptors (Lipinski definition) is 8. The molecule has 1 aromatic heterocycles. The molecule has 1 aromatic carbocycles. The first kappa shape index (κ1) is 34.6. The third-order valence-electron chi connectivity index (χ3n) is 9.58. The summed E-state index contributed by atoms with van der Waals surface area (Å²) in [5, 5.41) is 15.3. The number of fused-ring (bicyclic) bond motifs is 1. The van der Waals surface area contributed by atoms with Gasteiger partial charge in [0, 0.05) is 45.2 Å². The Hall–Kier alpha value is -3.77. The second-order valence-corrected chi connectivity index (χ2v) is 13.4. The maximum atomic E-state index is 15.3. The molecule has 47 heavy (non-hydrogen) atoms. The van der Waals surface area contributed by atoms with Crippen LogP contribution in [0.1, 0.15) is 58.4 Å². The highest BCUT2D eigenvalue weighted by atomic mass is 19.1. The highest BCUT2D eigenvalue weighted by molar-refractivity contribution is 5.84. The number of nitrogens with zero attached hydrogens (tertiary/aromatic N) is 5. The first-order valence-electron chi connectivity index (χ1n) is 16.8. The largest absolute Gasteiger partial charge is 0.457 e. The summed E-state index contributed by atoms with van der Waals surface area (Å²) in [4.78, 5) is 44.5. The van der Waals surface area contributed by atoms with E-state index in [-0.39, 0.29) is 36.8 Å². The molecule has 0 aliphatic carbocycles. The summed E-state index contributed by atoms with van der Waals surface area (Å²) in [6, 6.07) is 3.18. The molecule has 0 bridgehead atoms. The molecule has 2 saturated heterocycles. The highest BCUT2D eigenvalue weighted by Gasteiger charge is 2.29. The van der Waals surface area contributed by atoms with Crippen LogP contribution in [0, 0.1) is 17.7 Å². The molecule has 2 aromatic rings. The van der Waals surface area contributed by atoms with Gasteiger partial charge < -0.3 is 29.3 Å². The lowest BCUT2D eigenvalue weighted by Crippen LogP contribution is -2.48. The number of esters is 1. The Bertz CT molecular complexity index is 1490. The Kier molecular flexibility index (Phi) is 11.3. The molecule has 2 amide bonds. The standard InChI is InChI=1S/C35H48FN5O6/c1-23-7-9-27(42)20-33(44)47-34(24(2)8-10-31(23)46-35(45)40-15-13-38(4)14-16-40)25(3)17-26-18-29(36)28-21-37-41(30(28)19-26)22-32(43)39-11-5-6-12-39/h8,10,17-19,21,23-24,27,31,34,42H,5-7,9,11-16,20,22H2,1-4H3/b10-8?,25-17+/t23-,24-,27+,31-,34-/m0/s1. The van der Waals surface area contributed by atoms with Crippen LogP contribution in [0.3, 0.4) is 0 Å². The number of aliphatic hydroxyl groups excluding tert-OH is 1. The van der Waals surface area contributed by atoms with Gasteiger partial charge in [0.2, 0.25) is 5.91 Å². The van der Waals surface area contributed by atoms with Crippen LogP contribution in [0.25, 0.3) is 17.0 Å². The summed E-state index contributed by atoms with van der Waals surface area (Å²) in [6.45, 7) is 9.92. The molecule has 0 spiro atoms. The topological polar surface area (TPSA) is 117 Å². The molecule has 0 unspecified atom stereocenters. The van der Waals surface area contributed by atoms with Crippen molar-refractivity contribution >= 4 is 34.9 Å². The predicted molar refractivity (Wildman–Crippen MR) is 176 cm³/mol. The highest BCUT2D eigenvalue weighted by Crippen LogP contribution is 2.28. The normalized spacial score (nSPS) is 27.0. The van der Waals surface area contributed by atoms with Gasteiger partial charge in [0.1, 0.15) is 24.6 Å². The van der Waals surface area contributed by atoms with Crippen LogP contribution in [-0.4, -0.2) is 112 Å². The number of hydrogen-bond donors (Lipinski definition) is 1. The average Bonchev–Trinajstić information content (AvgIpc) is 3.71. The summed E-state index contributed by atoms with van der Waals surface area (Å²) >= 11 is 0. The van der Waals surface area contributed by atoms with Crippen molar-refractivity contribution in [1.82, 2.24) is 24.5 Å². The molecular formula is C35H48FN5O6. The number of benzene rings is 1. The smallest absolute Gasteiger partial charge is 0.410 e. The van der Waals surface area contributed by atoms with Crippen LogP contribution in [-0.2, 0) is 25.6 Å². The number of carbonyl (C=O) groups is 3. The van der Waals surface area contributed by atoms with Crippen LogP contribution in [0.15, 0.2) is 36.1 Å².